The van der Waals surface area contributed by atoms with Crippen LogP contribution in [0.1, 0.15) is 18.9 Å². The second-order valence-electron chi connectivity index (χ2n) is 6.86. The van der Waals surface area contributed by atoms with E-state index in [1.165, 1.54) is 6.92 Å². The number of carbonyl (C=O) groups is 1. The topological polar surface area (TPSA) is 118 Å². The highest BCUT2D eigenvalue weighted by Crippen LogP contribution is 2.25. The molecule has 0 aliphatic carbocycles. The molecule has 0 amide bonds. The number of benzene rings is 2. The van der Waals surface area contributed by atoms with Crippen LogP contribution in [-0.2, 0) is 24.5 Å². The van der Waals surface area contributed by atoms with E-state index in [9.17, 15) is 21.6 Å². The van der Waals surface area contributed by atoms with E-state index in [1.54, 1.807) is 6.92 Å². The number of fused-ring (bicyclic) bond motifs is 1. The minimum Gasteiger partial charge on any atom is -0.481 e. The molecule has 0 fully saturated rings. The van der Waals surface area contributed by atoms with Crippen LogP contribution < -0.4 is 10.6 Å². The average molecular weight is 439 g/mol. The highest BCUT2D eigenvalue weighted by molar-refractivity contribution is 7.91. The van der Waals surface area contributed by atoms with Gasteiger partial charge in [-0.15, -0.1) is 0 Å². The molecule has 1 atom stereocenters. The summed E-state index contributed by atoms with van der Waals surface area (Å²) in [6, 6.07) is 5.09. The van der Waals surface area contributed by atoms with Gasteiger partial charge in [0.25, 0.3) is 0 Å². The first-order valence-corrected chi connectivity index (χ1v) is 11.9. The normalized spacial score (nSPS) is 16.4. The molecule has 10 heteroatoms. The molecule has 0 bridgehead atoms. The highest BCUT2D eigenvalue weighted by atomic mass is 32.2. The van der Waals surface area contributed by atoms with Crippen LogP contribution in [0.3, 0.4) is 0 Å². The monoisotopic (exact) mass is 439 g/mol. The number of nitrogens with zero attached hydrogens (tertiary/aromatic N) is 1. The zero-order valence-electron chi connectivity index (χ0n) is 15.8. The Bertz CT molecular complexity index is 1360. The molecule has 0 aromatic heterocycles. The quantitative estimate of drug-likeness (QED) is 0.743. The van der Waals surface area contributed by atoms with Crippen molar-refractivity contribution >= 4 is 31.2 Å². The van der Waals surface area contributed by atoms with Crippen molar-refractivity contribution < 1.29 is 31.1 Å². The van der Waals surface area contributed by atoms with Gasteiger partial charge in [-0.25, -0.2) is 21.2 Å². The van der Waals surface area contributed by atoms with Crippen LogP contribution in [0.4, 0.5) is 4.39 Å². The molecule has 1 aliphatic heterocycles. The third-order valence-electron chi connectivity index (χ3n) is 4.80. The maximum Gasteiger partial charge on any atom is 0.307 e. The van der Waals surface area contributed by atoms with Gasteiger partial charge in [-0.1, -0.05) is 0 Å². The standard InChI is InChI=1S/C19H18FNO6S2/c1-10-18-14(8-17(22)23)11(2)21-15(18)9-16(19(10)20)29(26,27)13-6-4-12(5-7-13)28(3,24)25/h4-7,9,11H,8H2,1-3H3,(H,22,23). The molecule has 1 N–H and O–H groups in total. The number of aliphatic carboxylic acids is 1. The first-order valence-electron chi connectivity index (χ1n) is 8.51. The summed E-state index contributed by atoms with van der Waals surface area (Å²) in [6.45, 7) is 3.04. The Morgan fingerprint density at radius 3 is 2.21 bits per heavy atom. The number of rotatable bonds is 5. The lowest BCUT2D eigenvalue weighted by Gasteiger charge is -2.09. The van der Waals surface area contributed by atoms with Crippen molar-refractivity contribution in [1.82, 2.24) is 0 Å². The fourth-order valence-corrected chi connectivity index (χ4v) is 5.37. The molecule has 0 saturated heterocycles. The van der Waals surface area contributed by atoms with E-state index in [0.29, 0.717) is 10.8 Å². The summed E-state index contributed by atoms with van der Waals surface area (Å²) in [4.78, 5) is 14.5. The van der Waals surface area contributed by atoms with Gasteiger partial charge in [0.1, 0.15) is 10.7 Å². The highest BCUT2D eigenvalue weighted by Gasteiger charge is 2.28. The van der Waals surface area contributed by atoms with Gasteiger partial charge in [0, 0.05) is 11.5 Å². The SMILES string of the molecule is Cc1c(F)c(S(=O)(=O)c2ccc(S(C)(=O)=O)cc2)cc2c1=C(CC(=O)O)C(C)N=2. The fourth-order valence-electron chi connectivity index (χ4n) is 3.34. The van der Waals surface area contributed by atoms with Crippen molar-refractivity contribution in [3.8, 4) is 0 Å². The Balaban J connectivity index is 2.23. The maximum atomic E-state index is 15.1. The van der Waals surface area contributed by atoms with Crippen LogP contribution in [0, 0.1) is 12.7 Å². The molecule has 0 spiro atoms. The molecule has 0 radical (unpaired) electrons. The molecule has 1 aliphatic rings. The fraction of sp³-hybridized carbons (Fsp3) is 0.263. The minimum atomic E-state index is -4.29. The number of carboxylic acid groups (broad SMARTS) is 1. The lowest BCUT2D eigenvalue weighted by molar-refractivity contribution is -0.135. The van der Waals surface area contributed by atoms with E-state index in [4.69, 9.17) is 5.11 Å². The van der Waals surface area contributed by atoms with Crippen LogP contribution >= 0.6 is 0 Å². The molecular weight excluding hydrogens is 421 g/mol. The van der Waals surface area contributed by atoms with Gasteiger partial charge in [0.2, 0.25) is 9.84 Å². The summed E-state index contributed by atoms with van der Waals surface area (Å²) in [5.74, 6) is -2.07. The first-order chi connectivity index (χ1) is 13.3. The molecule has 29 heavy (non-hydrogen) atoms. The van der Waals surface area contributed by atoms with E-state index in [-0.39, 0.29) is 27.1 Å². The lowest BCUT2D eigenvalue weighted by Crippen LogP contribution is -2.30. The summed E-state index contributed by atoms with van der Waals surface area (Å²) >= 11 is 0. The Labute approximate surface area is 167 Å². The third kappa shape index (κ3) is 3.69. The molecule has 0 saturated carbocycles. The summed E-state index contributed by atoms with van der Waals surface area (Å²) in [7, 11) is -7.80. The number of halogens is 1. The Morgan fingerprint density at radius 2 is 1.69 bits per heavy atom. The molecule has 1 heterocycles. The predicted octanol–water partition coefficient (Wildman–Crippen LogP) is 1.02. The predicted molar refractivity (Wildman–Crippen MR) is 102 cm³/mol. The van der Waals surface area contributed by atoms with Crippen molar-refractivity contribution in [2.24, 2.45) is 4.99 Å². The summed E-state index contributed by atoms with van der Waals surface area (Å²) < 4.78 is 64.1. The van der Waals surface area contributed by atoms with Crippen LogP contribution in [0.2, 0.25) is 0 Å². The van der Waals surface area contributed by atoms with Crippen LogP contribution in [0.25, 0.3) is 5.57 Å². The first kappa shape index (κ1) is 21.1. The maximum absolute atomic E-state index is 15.1. The van der Waals surface area contributed by atoms with E-state index in [0.717, 1.165) is 36.6 Å². The van der Waals surface area contributed by atoms with Crippen LogP contribution in [0.15, 0.2) is 50.0 Å². The van der Waals surface area contributed by atoms with E-state index >= 15 is 4.39 Å². The van der Waals surface area contributed by atoms with Crippen molar-refractivity contribution in [1.29, 1.82) is 0 Å². The molecule has 2 aromatic carbocycles. The van der Waals surface area contributed by atoms with Crippen molar-refractivity contribution in [3.05, 3.63) is 52.3 Å². The number of sulfone groups is 2. The summed E-state index contributed by atoms with van der Waals surface area (Å²) in [5.41, 5.74) is 0.434. The van der Waals surface area contributed by atoms with Crippen molar-refractivity contribution in [2.75, 3.05) is 6.26 Å². The van der Waals surface area contributed by atoms with Gasteiger partial charge < -0.3 is 5.11 Å². The van der Waals surface area contributed by atoms with E-state index in [1.807, 2.05) is 0 Å². The average Bonchev–Trinajstić information content (AvgIpc) is 2.92. The summed E-state index contributed by atoms with van der Waals surface area (Å²) in [6.07, 6.45) is 0.672. The second kappa shape index (κ2) is 7.03. The zero-order chi connectivity index (χ0) is 21.7. The van der Waals surface area contributed by atoms with Gasteiger partial charge in [0.05, 0.1) is 27.6 Å². The molecule has 154 valence electrons. The Morgan fingerprint density at radius 1 is 1.14 bits per heavy atom. The van der Waals surface area contributed by atoms with Gasteiger partial charge in [-0.3, -0.25) is 9.79 Å². The van der Waals surface area contributed by atoms with Gasteiger partial charge in [-0.2, -0.15) is 0 Å². The van der Waals surface area contributed by atoms with Crippen molar-refractivity contribution in [3.63, 3.8) is 0 Å². The number of hydrogen-bond donors (Lipinski definition) is 1. The molecule has 3 rings (SSSR count). The Kier molecular flexibility index (Phi) is 5.12. The van der Waals surface area contributed by atoms with Gasteiger partial charge in [0.15, 0.2) is 9.84 Å². The van der Waals surface area contributed by atoms with Gasteiger partial charge in [-0.05, 0) is 55.3 Å². The van der Waals surface area contributed by atoms with Crippen LogP contribution in [-0.4, -0.2) is 40.2 Å². The minimum absolute atomic E-state index is 0.0122. The summed E-state index contributed by atoms with van der Waals surface area (Å²) in [5, 5.41) is 9.64. The third-order valence-corrected chi connectivity index (χ3v) is 7.69. The lowest BCUT2D eigenvalue weighted by atomic mass is 10.0. The molecule has 1 unspecified atom stereocenters. The number of hydrogen-bond acceptors (Lipinski definition) is 6. The van der Waals surface area contributed by atoms with Crippen LogP contribution in [0.5, 0.6) is 0 Å². The smallest absolute Gasteiger partial charge is 0.307 e. The zero-order valence-corrected chi connectivity index (χ0v) is 17.4. The Hall–Kier alpha value is -2.59. The largest absolute Gasteiger partial charge is 0.481 e. The number of carboxylic acids is 1. The van der Waals surface area contributed by atoms with Gasteiger partial charge >= 0.3 is 5.97 Å². The van der Waals surface area contributed by atoms with E-state index in [2.05, 4.69) is 4.99 Å². The molecule has 7 nitrogen and oxygen atoms in total. The molecule has 2 aromatic rings. The van der Waals surface area contributed by atoms with Crippen molar-refractivity contribution in [2.45, 2.75) is 41.0 Å². The molecular formula is C19H18FNO6S2. The second-order valence-corrected chi connectivity index (χ2v) is 10.8. The van der Waals surface area contributed by atoms with E-state index < -0.39 is 42.4 Å².